The first-order valence-electron chi connectivity index (χ1n) is 3.47. The Bertz CT molecular complexity index is 117. The predicted molar refractivity (Wildman–Crippen MR) is 45.4 cm³/mol. The van der Waals surface area contributed by atoms with E-state index in [1.54, 1.807) is 0 Å². The van der Waals surface area contributed by atoms with Gasteiger partial charge in [-0.25, -0.2) is 0 Å². The first kappa shape index (κ1) is 10.5. The Morgan fingerprint density at radius 1 is 1.50 bits per heavy atom. The highest BCUT2D eigenvalue weighted by atomic mass is 35.5. The summed E-state index contributed by atoms with van der Waals surface area (Å²) in [5, 5.41) is 0. The average Bonchev–Trinajstić information content (AvgIpc) is 1.89. The molecule has 0 heterocycles. The normalized spacial score (nSPS) is 16.7. The smallest absolute Gasteiger partial charge is 0.204 e. The Kier molecular flexibility index (Phi) is 5.42. The lowest BCUT2D eigenvalue weighted by atomic mass is 10.9. The summed E-state index contributed by atoms with van der Waals surface area (Å²) < 4.78 is 16.6. The van der Waals surface area contributed by atoms with Crippen molar-refractivity contribution in [1.82, 2.24) is 0 Å². The van der Waals surface area contributed by atoms with Crippen LogP contribution in [0.15, 0.2) is 0 Å². The van der Waals surface area contributed by atoms with E-state index in [1.165, 1.54) is 0 Å². The van der Waals surface area contributed by atoms with Crippen molar-refractivity contribution in [2.75, 3.05) is 24.8 Å². The fourth-order valence-electron chi connectivity index (χ4n) is 0.678. The number of rotatable bonds is 5. The van der Waals surface area contributed by atoms with Gasteiger partial charge in [-0.2, -0.15) is 0 Å². The molecule has 0 N–H and O–H groups in total. The van der Waals surface area contributed by atoms with Crippen LogP contribution in [0.1, 0.15) is 13.8 Å². The van der Waals surface area contributed by atoms with E-state index in [9.17, 15) is 4.57 Å². The fraction of sp³-hybridized carbons (Fsp3) is 1.00. The molecule has 0 aliphatic carbocycles. The maximum absolute atomic E-state index is 11.5. The molecule has 0 aromatic rings. The average molecular weight is 185 g/mol. The molecular formula is C6H14ClO2P. The van der Waals surface area contributed by atoms with Crippen LogP contribution in [0.5, 0.6) is 0 Å². The summed E-state index contributed by atoms with van der Waals surface area (Å²) in [6.07, 6.45) is 1.09. The summed E-state index contributed by atoms with van der Waals surface area (Å²) in [6, 6.07) is 0. The Hall–Kier alpha value is 0.480. The van der Waals surface area contributed by atoms with E-state index in [1.807, 2.05) is 13.8 Å². The second-order valence-corrected chi connectivity index (χ2v) is 5.31. The molecule has 0 spiro atoms. The molecule has 1 atom stereocenters. The quantitative estimate of drug-likeness (QED) is 0.485. The van der Waals surface area contributed by atoms with Gasteiger partial charge in [0, 0.05) is 18.2 Å². The summed E-state index contributed by atoms with van der Waals surface area (Å²) in [5.41, 5.74) is 0. The Labute approximate surface area is 67.4 Å². The minimum absolute atomic E-state index is 0.422. The van der Waals surface area contributed by atoms with Crippen molar-refractivity contribution in [1.29, 1.82) is 0 Å². The minimum Gasteiger partial charge on any atom is -0.329 e. The van der Waals surface area contributed by atoms with E-state index in [4.69, 9.17) is 16.1 Å². The number of halogens is 1. The second-order valence-electron chi connectivity index (χ2n) is 1.96. The zero-order valence-electron chi connectivity index (χ0n) is 6.47. The molecule has 0 fully saturated rings. The molecule has 4 heteroatoms. The number of hydrogen-bond acceptors (Lipinski definition) is 2. The van der Waals surface area contributed by atoms with Crippen LogP contribution >= 0.6 is 19.0 Å². The summed E-state index contributed by atoms with van der Waals surface area (Å²) in [5.74, 6) is 0.422. The van der Waals surface area contributed by atoms with Crippen LogP contribution in [0, 0.1) is 0 Å². The van der Waals surface area contributed by atoms with Crippen molar-refractivity contribution < 1.29 is 9.09 Å². The first-order valence-corrected chi connectivity index (χ1v) is 6.00. The summed E-state index contributed by atoms with van der Waals surface area (Å²) in [4.78, 5) is 0. The molecule has 0 radical (unpaired) electrons. The lowest BCUT2D eigenvalue weighted by Crippen LogP contribution is -1.98. The maximum Gasteiger partial charge on any atom is 0.204 e. The monoisotopic (exact) mass is 184 g/mol. The van der Waals surface area contributed by atoms with Gasteiger partial charge in [0.1, 0.15) is 0 Å². The largest absolute Gasteiger partial charge is 0.329 e. The van der Waals surface area contributed by atoms with E-state index in [0.29, 0.717) is 24.8 Å². The van der Waals surface area contributed by atoms with Crippen LogP contribution in [0.3, 0.4) is 0 Å². The molecule has 0 aliphatic rings. The van der Waals surface area contributed by atoms with Gasteiger partial charge >= 0.3 is 0 Å². The van der Waals surface area contributed by atoms with Gasteiger partial charge < -0.3 is 4.52 Å². The van der Waals surface area contributed by atoms with Gasteiger partial charge in [-0.3, -0.25) is 4.57 Å². The van der Waals surface area contributed by atoms with Crippen LogP contribution < -0.4 is 0 Å². The van der Waals surface area contributed by atoms with Crippen molar-refractivity contribution in [2.45, 2.75) is 13.8 Å². The van der Waals surface area contributed by atoms with Crippen molar-refractivity contribution in [3.8, 4) is 0 Å². The van der Waals surface area contributed by atoms with Crippen molar-refractivity contribution in [3.63, 3.8) is 0 Å². The van der Waals surface area contributed by atoms with Gasteiger partial charge in [-0.15, -0.1) is 11.6 Å². The zero-order chi connectivity index (χ0) is 8.04. The van der Waals surface area contributed by atoms with Crippen LogP contribution in [-0.4, -0.2) is 24.8 Å². The van der Waals surface area contributed by atoms with Gasteiger partial charge in [0.2, 0.25) is 7.37 Å². The summed E-state index contributed by atoms with van der Waals surface area (Å²) in [7, 11) is -2.33. The van der Waals surface area contributed by atoms with Crippen LogP contribution in [0.2, 0.25) is 0 Å². The Morgan fingerprint density at radius 3 is 2.40 bits per heavy atom. The highest BCUT2D eigenvalue weighted by molar-refractivity contribution is 7.59. The van der Waals surface area contributed by atoms with Crippen molar-refractivity contribution in [2.24, 2.45) is 0 Å². The SMILES string of the molecule is CCOP(=O)(CC)CCCl. The summed E-state index contributed by atoms with van der Waals surface area (Å²) >= 11 is 5.45. The van der Waals surface area contributed by atoms with E-state index in [0.717, 1.165) is 0 Å². The molecule has 0 saturated carbocycles. The minimum atomic E-state index is -2.33. The zero-order valence-corrected chi connectivity index (χ0v) is 8.12. The van der Waals surface area contributed by atoms with E-state index >= 15 is 0 Å². The third-order valence-electron chi connectivity index (χ3n) is 1.27. The molecular weight excluding hydrogens is 170 g/mol. The van der Waals surface area contributed by atoms with Crippen molar-refractivity contribution >= 4 is 19.0 Å². The standard InChI is InChI=1S/C6H14ClO2P/c1-3-9-10(8,4-2)6-5-7/h3-6H2,1-2H3. The molecule has 0 amide bonds. The molecule has 0 saturated heterocycles. The fourth-order valence-corrected chi connectivity index (χ4v) is 2.81. The predicted octanol–water partition coefficient (Wildman–Crippen LogP) is 2.56. The highest BCUT2D eigenvalue weighted by Crippen LogP contribution is 2.45. The second kappa shape index (κ2) is 5.17. The number of hydrogen-bond donors (Lipinski definition) is 0. The Balaban J connectivity index is 3.83. The van der Waals surface area contributed by atoms with E-state index < -0.39 is 7.37 Å². The number of alkyl halides is 1. The molecule has 0 aromatic carbocycles. The van der Waals surface area contributed by atoms with Gasteiger partial charge in [0.05, 0.1) is 6.61 Å². The first-order chi connectivity index (χ1) is 4.68. The molecule has 10 heavy (non-hydrogen) atoms. The van der Waals surface area contributed by atoms with Crippen LogP contribution in [-0.2, 0) is 9.09 Å². The van der Waals surface area contributed by atoms with Crippen LogP contribution in [0.25, 0.3) is 0 Å². The Morgan fingerprint density at radius 2 is 2.10 bits per heavy atom. The maximum atomic E-state index is 11.5. The molecule has 2 nitrogen and oxygen atoms in total. The molecule has 0 bridgehead atoms. The molecule has 0 aliphatic heterocycles. The van der Waals surface area contributed by atoms with Gasteiger partial charge in [-0.1, -0.05) is 6.92 Å². The molecule has 62 valence electrons. The third-order valence-corrected chi connectivity index (χ3v) is 4.32. The lowest BCUT2D eigenvalue weighted by Gasteiger charge is -2.13. The summed E-state index contributed by atoms with van der Waals surface area (Å²) in [6.45, 7) is 4.22. The van der Waals surface area contributed by atoms with Crippen LogP contribution in [0.4, 0.5) is 0 Å². The van der Waals surface area contributed by atoms with E-state index in [-0.39, 0.29) is 0 Å². The third kappa shape index (κ3) is 3.60. The lowest BCUT2D eigenvalue weighted by molar-refractivity contribution is 0.335. The van der Waals surface area contributed by atoms with Gasteiger partial charge in [-0.05, 0) is 6.92 Å². The van der Waals surface area contributed by atoms with Crippen molar-refractivity contribution in [3.05, 3.63) is 0 Å². The van der Waals surface area contributed by atoms with E-state index in [2.05, 4.69) is 0 Å². The van der Waals surface area contributed by atoms with Gasteiger partial charge in [0.25, 0.3) is 0 Å². The highest BCUT2D eigenvalue weighted by Gasteiger charge is 2.17. The molecule has 1 unspecified atom stereocenters. The topological polar surface area (TPSA) is 26.3 Å². The van der Waals surface area contributed by atoms with Gasteiger partial charge in [0.15, 0.2) is 0 Å². The molecule has 0 aromatic heterocycles. The molecule has 0 rings (SSSR count).